The second kappa shape index (κ2) is 8.24. The molecular formula is C18H26N2O6S. The first kappa shape index (κ1) is 20.2. The number of ether oxygens (including phenoxy) is 3. The number of rotatable bonds is 6. The van der Waals surface area contributed by atoms with Crippen molar-refractivity contribution in [3.63, 3.8) is 0 Å². The highest BCUT2D eigenvalue weighted by atomic mass is 32.2. The number of carbonyl (C=O) groups excluding carboxylic acids is 1. The number of nitrogens with one attached hydrogen (secondary N) is 1. The Hall–Kier alpha value is -1.52. The normalized spacial score (nSPS) is 25.9. The van der Waals surface area contributed by atoms with Crippen LogP contribution in [0.1, 0.15) is 23.7 Å². The Morgan fingerprint density at radius 1 is 1.44 bits per heavy atom. The fourth-order valence-corrected chi connectivity index (χ4v) is 4.58. The lowest BCUT2D eigenvalue weighted by atomic mass is 9.98. The van der Waals surface area contributed by atoms with Crippen LogP contribution in [-0.2, 0) is 24.2 Å². The van der Waals surface area contributed by atoms with Gasteiger partial charge in [-0.3, -0.25) is 4.79 Å². The SMILES string of the molecule is COCCNS(=O)(=O)c1cccc(C(=O)N2CC(C)OC3(CCOC3)C2)c1. The van der Waals surface area contributed by atoms with Gasteiger partial charge in [-0.15, -0.1) is 0 Å². The molecule has 150 valence electrons. The number of sulfonamides is 1. The molecule has 1 N–H and O–H groups in total. The van der Waals surface area contributed by atoms with Crippen LogP contribution in [0, 0.1) is 0 Å². The lowest BCUT2D eigenvalue weighted by Crippen LogP contribution is -2.57. The number of morpholine rings is 1. The van der Waals surface area contributed by atoms with Crippen molar-refractivity contribution in [2.24, 2.45) is 0 Å². The van der Waals surface area contributed by atoms with Crippen LogP contribution in [0.2, 0.25) is 0 Å². The Kier molecular flexibility index (Phi) is 6.17. The van der Waals surface area contributed by atoms with E-state index in [1.807, 2.05) is 6.92 Å². The van der Waals surface area contributed by atoms with E-state index in [0.29, 0.717) is 31.9 Å². The Balaban J connectivity index is 1.77. The third-order valence-electron chi connectivity index (χ3n) is 4.75. The monoisotopic (exact) mass is 398 g/mol. The topological polar surface area (TPSA) is 94.2 Å². The van der Waals surface area contributed by atoms with E-state index in [1.54, 1.807) is 17.0 Å². The van der Waals surface area contributed by atoms with Gasteiger partial charge < -0.3 is 19.1 Å². The van der Waals surface area contributed by atoms with Crippen molar-refractivity contribution in [2.45, 2.75) is 29.9 Å². The summed E-state index contributed by atoms with van der Waals surface area (Å²) in [5, 5.41) is 0. The molecule has 9 heteroatoms. The van der Waals surface area contributed by atoms with Gasteiger partial charge in [0, 0.05) is 38.8 Å². The highest BCUT2D eigenvalue weighted by Gasteiger charge is 2.44. The number of methoxy groups -OCH3 is 1. The van der Waals surface area contributed by atoms with Crippen LogP contribution in [-0.4, -0.2) is 77.5 Å². The maximum Gasteiger partial charge on any atom is 0.254 e. The summed E-state index contributed by atoms with van der Waals surface area (Å²) in [5.41, 5.74) is -0.119. The lowest BCUT2D eigenvalue weighted by Gasteiger charge is -2.42. The molecule has 0 aliphatic carbocycles. The van der Waals surface area contributed by atoms with Crippen molar-refractivity contribution in [3.8, 4) is 0 Å². The van der Waals surface area contributed by atoms with Crippen LogP contribution in [0.15, 0.2) is 29.2 Å². The van der Waals surface area contributed by atoms with Crippen LogP contribution in [0.25, 0.3) is 0 Å². The molecule has 27 heavy (non-hydrogen) atoms. The minimum Gasteiger partial charge on any atom is -0.383 e. The molecule has 1 aromatic carbocycles. The zero-order valence-corrected chi connectivity index (χ0v) is 16.5. The smallest absolute Gasteiger partial charge is 0.254 e. The summed E-state index contributed by atoms with van der Waals surface area (Å²) in [7, 11) is -2.20. The van der Waals surface area contributed by atoms with Gasteiger partial charge in [-0.2, -0.15) is 0 Å². The zero-order valence-electron chi connectivity index (χ0n) is 15.6. The Bertz CT molecular complexity index is 776. The second-order valence-electron chi connectivity index (χ2n) is 7.02. The maximum atomic E-state index is 13.0. The van der Waals surface area contributed by atoms with Crippen LogP contribution >= 0.6 is 0 Å². The van der Waals surface area contributed by atoms with Crippen LogP contribution in [0.5, 0.6) is 0 Å². The molecular weight excluding hydrogens is 372 g/mol. The first-order valence-corrected chi connectivity index (χ1v) is 10.5. The van der Waals surface area contributed by atoms with Gasteiger partial charge in [0.1, 0.15) is 5.60 Å². The van der Waals surface area contributed by atoms with Gasteiger partial charge >= 0.3 is 0 Å². The van der Waals surface area contributed by atoms with Crippen LogP contribution in [0.3, 0.4) is 0 Å². The van der Waals surface area contributed by atoms with E-state index in [9.17, 15) is 13.2 Å². The van der Waals surface area contributed by atoms with Gasteiger partial charge in [0.25, 0.3) is 5.91 Å². The molecule has 2 atom stereocenters. The Labute approximate surface area is 159 Å². The van der Waals surface area contributed by atoms with Gasteiger partial charge in [0.15, 0.2) is 0 Å². The van der Waals surface area contributed by atoms with Crippen molar-refractivity contribution in [3.05, 3.63) is 29.8 Å². The average Bonchev–Trinajstić information content (AvgIpc) is 3.08. The van der Waals surface area contributed by atoms with E-state index in [0.717, 1.165) is 6.42 Å². The largest absolute Gasteiger partial charge is 0.383 e. The van der Waals surface area contributed by atoms with E-state index in [1.165, 1.54) is 19.2 Å². The molecule has 2 aliphatic rings. The molecule has 2 fully saturated rings. The number of benzene rings is 1. The summed E-state index contributed by atoms with van der Waals surface area (Å²) in [6.07, 6.45) is 0.644. The van der Waals surface area contributed by atoms with Crippen molar-refractivity contribution in [2.75, 3.05) is 46.6 Å². The lowest BCUT2D eigenvalue weighted by molar-refractivity contribution is -0.138. The molecule has 0 saturated carbocycles. The number of nitrogens with zero attached hydrogens (tertiary/aromatic N) is 1. The number of carbonyl (C=O) groups is 1. The summed E-state index contributed by atoms with van der Waals surface area (Å²) in [6.45, 7) is 4.37. The van der Waals surface area contributed by atoms with Crippen molar-refractivity contribution < 1.29 is 27.4 Å². The summed E-state index contributed by atoms with van der Waals surface area (Å²) in [6, 6.07) is 6.10. The molecule has 2 aliphatic heterocycles. The Morgan fingerprint density at radius 2 is 2.26 bits per heavy atom. The standard InChI is InChI=1S/C18H26N2O6S/c1-14-11-20(12-18(26-14)6-8-25-13-18)17(21)15-4-3-5-16(10-15)27(22,23)19-7-9-24-2/h3-5,10,14,19H,6-9,11-13H2,1-2H3. The Morgan fingerprint density at radius 3 is 2.96 bits per heavy atom. The second-order valence-corrected chi connectivity index (χ2v) is 8.79. The minimum absolute atomic E-state index is 0.0599. The molecule has 2 heterocycles. The highest BCUT2D eigenvalue weighted by molar-refractivity contribution is 7.89. The van der Waals surface area contributed by atoms with Crippen molar-refractivity contribution >= 4 is 15.9 Å². The molecule has 1 aromatic rings. The number of amides is 1. The van der Waals surface area contributed by atoms with E-state index in [2.05, 4.69) is 4.72 Å². The summed E-state index contributed by atoms with van der Waals surface area (Å²) < 4.78 is 43.6. The van der Waals surface area contributed by atoms with Crippen molar-refractivity contribution in [1.29, 1.82) is 0 Å². The summed E-state index contributed by atoms with van der Waals surface area (Å²) in [5.74, 6) is -0.203. The van der Waals surface area contributed by atoms with Gasteiger partial charge in [-0.05, 0) is 25.1 Å². The first-order chi connectivity index (χ1) is 12.9. The number of hydrogen-bond donors (Lipinski definition) is 1. The van der Waals surface area contributed by atoms with E-state index in [-0.39, 0.29) is 30.1 Å². The maximum absolute atomic E-state index is 13.0. The molecule has 8 nitrogen and oxygen atoms in total. The first-order valence-electron chi connectivity index (χ1n) is 8.99. The predicted molar refractivity (Wildman–Crippen MR) is 98.1 cm³/mol. The van der Waals surface area contributed by atoms with Gasteiger partial charge in [-0.1, -0.05) is 6.07 Å². The molecule has 0 bridgehead atoms. The van der Waals surface area contributed by atoms with E-state index in [4.69, 9.17) is 14.2 Å². The van der Waals surface area contributed by atoms with Gasteiger partial charge in [-0.25, -0.2) is 13.1 Å². The van der Waals surface area contributed by atoms with Crippen LogP contribution in [0.4, 0.5) is 0 Å². The number of hydrogen-bond acceptors (Lipinski definition) is 6. The van der Waals surface area contributed by atoms with E-state index < -0.39 is 15.6 Å². The molecule has 1 amide bonds. The molecule has 0 aromatic heterocycles. The third-order valence-corrected chi connectivity index (χ3v) is 6.21. The van der Waals surface area contributed by atoms with Crippen LogP contribution < -0.4 is 4.72 Å². The molecule has 3 rings (SSSR count). The van der Waals surface area contributed by atoms with E-state index >= 15 is 0 Å². The zero-order chi connectivity index (χ0) is 19.5. The third kappa shape index (κ3) is 4.67. The molecule has 1 spiro atoms. The van der Waals surface area contributed by atoms with Gasteiger partial charge in [0.2, 0.25) is 10.0 Å². The predicted octanol–water partition coefficient (Wildman–Crippen LogP) is 0.631. The minimum atomic E-state index is -3.70. The summed E-state index contributed by atoms with van der Waals surface area (Å²) >= 11 is 0. The fraction of sp³-hybridized carbons (Fsp3) is 0.611. The highest BCUT2D eigenvalue weighted by Crippen LogP contribution is 2.30. The molecule has 2 unspecified atom stereocenters. The molecule has 2 saturated heterocycles. The summed E-state index contributed by atoms with van der Waals surface area (Å²) in [4.78, 5) is 14.8. The average molecular weight is 398 g/mol. The quantitative estimate of drug-likeness (QED) is 0.707. The van der Waals surface area contributed by atoms with Crippen molar-refractivity contribution in [1.82, 2.24) is 9.62 Å². The molecule has 0 radical (unpaired) electrons. The van der Waals surface area contributed by atoms with Gasteiger partial charge in [0.05, 0.1) is 30.8 Å². The fourth-order valence-electron chi connectivity index (χ4n) is 3.53.